The van der Waals surface area contributed by atoms with E-state index >= 15 is 0 Å². The Morgan fingerprint density at radius 2 is 2.06 bits per heavy atom. The number of aliphatic hydroxyl groups is 1. The molecule has 34 heavy (non-hydrogen) atoms. The summed E-state index contributed by atoms with van der Waals surface area (Å²) in [6.45, 7) is 2.37. The summed E-state index contributed by atoms with van der Waals surface area (Å²) in [7, 11) is 1.62. The highest BCUT2D eigenvalue weighted by atomic mass is 16.5. The molecule has 0 bridgehead atoms. The molecule has 7 nitrogen and oxygen atoms in total. The van der Waals surface area contributed by atoms with Crippen LogP contribution in [-0.4, -0.2) is 53.7 Å². The minimum Gasteiger partial charge on any atom is -0.493 e. The van der Waals surface area contributed by atoms with Gasteiger partial charge in [0.1, 0.15) is 12.1 Å². The number of rotatable bonds is 5. The molecule has 2 heterocycles. The van der Waals surface area contributed by atoms with Crippen molar-refractivity contribution in [2.75, 3.05) is 13.7 Å². The molecule has 2 amide bonds. The molecule has 0 unspecified atom stereocenters. The summed E-state index contributed by atoms with van der Waals surface area (Å²) >= 11 is 0. The molecule has 0 saturated carbocycles. The summed E-state index contributed by atoms with van der Waals surface area (Å²) in [6, 6.07) is 13.0. The molecule has 4 atom stereocenters. The molecule has 2 aliphatic heterocycles. The first-order valence-corrected chi connectivity index (χ1v) is 11.8. The maximum Gasteiger partial charge on any atom is 0.245 e. The number of carbonyl (C=O) groups is 2. The summed E-state index contributed by atoms with van der Waals surface area (Å²) in [5, 5.41) is 13.1. The zero-order valence-electron chi connectivity index (χ0n) is 19.5. The molecule has 2 N–H and O–H groups in total. The van der Waals surface area contributed by atoms with Gasteiger partial charge in [-0.2, -0.15) is 0 Å². The van der Waals surface area contributed by atoms with Crippen molar-refractivity contribution in [3.8, 4) is 11.5 Å². The number of amides is 2. The van der Waals surface area contributed by atoms with Gasteiger partial charge in [0.2, 0.25) is 11.8 Å². The largest absolute Gasteiger partial charge is 0.493 e. The van der Waals surface area contributed by atoms with Gasteiger partial charge < -0.3 is 24.8 Å². The zero-order valence-corrected chi connectivity index (χ0v) is 19.5. The molecule has 2 aromatic carbocycles. The van der Waals surface area contributed by atoms with Crippen molar-refractivity contribution in [3.63, 3.8) is 0 Å². The molecule has 2 aromatic rings. The lowest BCUT2D eigenvalue weighted by Gasteiger charge is -2.36. The summed E-state index contributed by atoms with van der Waals surface area (Å²) in [4.78, 5) is 27.5. The van der Waals surface area contributed by atoms with Crippen LogP contribution < -0.4 is 14.8 Å². The molecule has 178 valence electrons. The maximum absolute atomic E-state index is 13.7. The lowest BCUT2D eigenvalue weighted by atomic mass is 9.69. The first-order valence-electron chi connectivity index (χ1n) is 11.8. The lowest BCUT2D eigenvalue weighted by Crippen LogP contribution is -2.49. The second kappa shape index (κ2) is 8.80. The zero-order chi connectivity index (χ0) is 23.9. The van der Waals surface area contributed by atoms with E-state index in [4.69, 9.17) is 9.47 Å². The number of aliphatic hydroxyl groups excluding tert-OH is 1. The Hall–Kier alpha value is -3.32. The van der Waals surface area contributed by atoms with Crippen molar-refractivity contribution < 1.29 is 24.2 Å². The summed E-state index contributed by atoms with van der Waals surface area (Å²) in [5.74, 6) is 1.04. The van der Waals surface area contributed by atoms with E-state index in [2.05, 4.69) is 11.4 Å². The molecular formula is C27H30N2O5. The van der Waals surface area contributed by atoms with Gasteiger partial charge >= 0.3 is 0 Å². The number of hydrogen-bond donors (Lipinski definition) is 2. The third-order valence-electron chi connectivity index (χ3n) is 7.23. The third-order valence-corrected chi connectivity index (χ3v) is 7.23. The Morgan fingerprint density at radius 3 is 2.79 bits per heavy atom. The highest BCUT2D eigenvalue weighted by molar-refractivity contribution is 5.87. The number of nitrogens with zero attached hydrogens (tertiary/aromatic N) is 1. The molecule has 0 fully saturated rings. The number of hydrogen-bond acceptors (Lipinski definition) is 5. The van der Waals surface area contributed by atoms with Crippen LogP contribution in [0, 0.1) is 0 Å². The maximum atomic E-state index is 13.7. The smallest absolute Gasteiger partial charge is 0.245 e. The fourth-order valence-corrected chi connectivity index (χ4v) is 5.64. The van der Waals surface area contributed by atoms with Crippen molar-refractivity contribution in [1.82, 2.24) is 10.2 Å². The van der Waals surface area contributed by atoms with Crippen LogP contribution in [0.5, 0.6) is 11.5 Å². The van der Waals surface area contributed by atoms with Gasteiger partial charge in [0.15, 0.2) is 11.5 Å². The van der Waals surface area contributed by atoms with E-state index in [1.807, 2.05) is 53.4 Å². The Kier molecular flexibility index (Phi) is 5.81. The molecule has 0 aromatic heterocycles. The molecule has 0 saturated heterocycles. The molecule has 3 aliphatic rings. The number of carbonyl (C=O) groups excluding carboxylic acids is 2. The Bertz CT molecular complexity index is 1130. The standard InChI is InChI=1S/C27H30N2O5/c1-17(30)28-21(14-18-6-4-3-5-7-18)26(32)29-13-12-27-11-10-20(31)15-23(27)34-25-22(33-2)9-8-19(16-29)24(25)27/h3-11,20-21,23,31H,12-16H2,1-2H3,(H,28,30)/t20-,21-,23-,27-/m0/s1. The van der Waals surface area contributed by atoms with Crippen LogP contribution in [0.3, 0.4) is 0 Å². The van der Waals surface area contributed by atoms with Crippen molar-refractivity contribution in [1.29, 1.82) is 0 Å². The van der Waals surface area contributed by atoms with Crippen molar-refractivity contribution in [2.24, 2.45) is 0 Å². The lowest BCUT2D eigenvalue weighted by molar-refractivity contribution is -0.136. The van der Waals surface area contributed by atoms with Crippen LogP contribution in [0.4, 0.5) is 0 Å². The van der Waals surface area contributed by atoms with Crippen molar-refractivity contribution in [3.05, 3.63) is 71.3 Å². The Labute approximate surface area is 199 Å². The number of nitrogens with one attached hydrogen (secondary N) is 1. The molecule has 1 aliphatic carbocycles. The monoisotopic (exact) mass is 462 g/mol. The van der Waals surface area contributed by atoms with Crippen LogP contribution in [0.15, 0.2) is 54.6 Å². The normalized spacial score (nSPS) is 25.4. The van der Waals surface area contributed by atoms with Gasteiger partial charge in [0.05, 0.1) is 18.6 Å². The third kappa shape index (κ3) is 3.84. The fraction of sp³-hybridized carbons (Fsp3) is 0.407. The second-order valence-electron chi connectivity index (χ2n) is 9.39. The SMILES string of the molecule is COc1ccc2c3c1O[C@H]1C[C@@H](O)C=C[C@@]31CCN(C(=O)[C@H](Cc1ccccc1)NC(C)=O)C2. The number of methoxy groups -OCH3 is 1. The van der Waals surface area contributed by atoms with E-state index in [9.17, 15) is 14.7 Å². The molecule has 7 heteroatoms. The number of ether oxygens (including phenoxy) is 2. The van der Waals surface area contributed by atoms with Gasteiger partial charge in [0.25, 0.3) is 0 Å². The first kappa shape index (κ1) is 22.5. The molecule has 1 spiro atoms. The van der Waals surface area contributed by atoms with E-state index in [1.165, 1.54) is 6.92 Å². The van der Waals surface area contributed by atoms with Crippen LogP contribution >= 0.6 is 0 Å². The van der Waals surface area contributed by atoms with Gasteiger partial charge in [0, 0.05) is 38.4 Å². The molecule has 0 radical (unpaired) electrons. The van der Waals surface area contributed by atoms with Crippen molar-refractivity contribution in [2.45, 2.75) is 56.4 Å². The molecular weight excluding hydrogens is 432 g/mol. The minimum atomic E-state index is -0.645. The van der Waals surface area contributed by atoms with Gasteiger partial charge in [-0.25, -0.2) is 0 Å². The second-order valence-corrected chi connectivity index (χ2v) is 9.39. The van der Waals surface area contributed by atoms with Crippen LogP contribution in [0.2, 0.25) is 0 Å². The minimum absolute atomic E-state index is 0.0997. The van der Waals surface area contributed by atoms with E-state index < -0.39 is 17.6 Å². The van der Waals surface area contributed by atoms with Crippen molar-refractivity contribution >= 4 is 11.8 Å². The topological polar surface area (TPSA) is 88.1 Å². The van der Waals surface area contributed by atoms with Gasteiger partial charge in [-0.15, -0.1) is 0 Å². The Morgan fingerprint density at radius 1 is 1.26 bits per heavy atom. The van der Waals surface area contributed by atoms with E-state index in [0.717, 1.165) is 16.7 Å². The van der Waals surface area contributed by atoms with Crippen LogP contribution in [-0.2, 0) is 28.0 Å². The number of benzene rings is 2. The van der Waals surface area contributed by atoms with Gasteiger partial charge in [-0.3, -0.25) is 9.59 Å². The predicted octanol–water partition coefficient (Wildman–Crippen LogP) is 2.49. The predicted molar refractivity (Wildman–Crippen MR) is 127 cm³/mol. The van der Waals surface area contributed by atoms with Gasteiger partial charge in [-0.05, 0) is 23.6 Å². The van der Waals surface area contributed by atoms with Crippen LogP contribution in [0.25, 0.3) is 0 Å². The fourth-order valence-electron chi connectivity index (χ4n) is 5.64. The molecule has 5 rings (SSSR count). The summed E-state index contributed by atoms with van der Waals surface area (Å²) < 4.78 is 11.9. The van der Waals surface area contributed by atoms with E-state index in [1.54, 1.807) is 7.11 Å². The highest BCUT2D eigenvalue weighted by Crippen LogP contribution is 2.55. The average molecular weight is 463 g/mol. The quantitative estimate of drug-likeness (QED) is 0.667. The highest BCUT2D eigenvalue weighted by Gasteiger charge is 2.53. The van der Waals surface area contributed by atoms with E-state index in [0.29, 0.717) is 43.9 Å². The van der Waals surface area contributed by atoms with E-state index in [-0.39, 0.29) is 17.9 Å². The Balaban J connectivity index is 1.50. The average Bonchev–Trinajstić information content (AvgIpc) is 3.06. The summed E-state index contributed by atoms with van der Waals surface area (Å²) in [5.41, 5.74) is 2.63. The van der Waals surface area contributed by atoms with Gasteiger partial charge in [-0.1, -0.05) is 48.6 Å². The van der Waals surface area contributed by atoms with Crippen LogP contribution in [0.1, 0.15) is 36.5 Å². The summed E-state index contributed by atoms with van der Waals surface area (Å²) in [6.07, 6.45) is 4.70. The first-order chi connectivity index (χ1) is 16.4.